The van der Waals surface area contributed by atoms with Gasteiger partial charge < -0.3 is 15.0 Å². The zero-order chi connectivity index (χ0) is 19.1. The molecule has 138 valence electrons. The summed E-state index contributed by atoms with van der Waals surface area (Å²) >= 11 is 1.07. The highest BCUT2D eigenvalue weighted by Gasteiger charge is 2.14. The molecule has 2 aromatic rings. The number of carbonyl (C=O) groups is 2. The number of thioether (sulfide) groups is 1. The van der Waals surface area contributed by atoms with Crippen LogP contribution in [0.1, 0.15) is 0 Å². The lowest BCUT2D eigenvalue weighted by Gasteiger charge is -2.17. The molecule has 0 radical (unpaired) electrons. The summed E-state index contributed by atoms with van der Waals surface area (Å²) in [7, 11) is 3.03. The van der Waals surface area contributed by atoms with Crippen LogP contribution in [0.15, 0.2) is 47.4 Å². The van der Waals surface area contributed by atoms with Gasteiger partial charge in [-0.1, -0.05) is 6.07 Å². The molecule has 2 rings (SSSR count). The van der Waals surface area contributed by atoms with Crippen molar-refractivity contribution in [3.8, 4) is 5.75 Å². The minimum atomic E-state index is -0.964. The van der Waals surface area contributed by atoms with Crippen molar-refractivity contribution < 1.29 is 23.1 Å². The molecule has 0 heterocycles. The summed E-state index contributed by atoms with van der Waals surface area (Å²) in [6.07, 6.45) is 0. The Morgan fingerprint density at radius 3 is 2.62 bits per heavy atom. The van der Waals surface area contributed by atoms with Gasteiger partial charge in [0.05, 0.1) is 19.4 Å². The van der Waals surface area contributed by atoms with E-state index in [4.69, 9.17) is 4.74 Å². The second kappa shape index (κ2) is 9.19. The number of ether oxygens (including phenoxy) is 1. The lowest BCUT2D eigenvalue weighted by molar-refractivity contribution is -0.131. The zero-order valence-electron chi connectivity index (χ0n) is 14.3. The van der Waals surface area contributed by atoms with E-state index in [1.807, 2.05) is 0 Å². The van der Waals surface area contributed by atoms with E-state index >= 15 is 0 Å². The third-order valence-electron chi connectivity index (χ3n) is 3.41. The minimum Gasteiger partial charge on any atom is -0.497 e. The van der Waals surface area contributed by atoms with Gasteiger partial charge in [-0.3, -0.25) is 9.59 Å². The van der Waals surface area contributed by atoms with Crippen LogP contribution in [0, 0.1) is 11.6 Å². The van der Waals surface area contributed by atoms with E-state index in [0.29, 0.717) is 16.3 Å². The number of amides is 2. The molecular formula is C18H18F2N2O3S. The second-order valence-corrected chi connectivity index (χ2v) is 6.44. The maximum absolute atomic E-state index is 13.1. The van der Waals surface area contributed by atoms with Gasteiger partial charge in [0.25, 0.3) is 0 Å². The van der Waals surface area contributed by atoms with Crippen LogP contribution in [0.25, 0.3) is 0 Å². The molecule has 2 aromatic carbocycles. The smallest absolute Gasteiger partial charge is 0.243 e. The Balaban J connectivity index is 1.83. The molecule has 0 bridgehead atoms. The Labute approximate surface area is 154 Å². The van der Waals surface area contributed by atoms with Crippen LogP contribution in [-0.4, -0.2) is 43.2 Å². The maximum Gasteiger partial charge on any atom is 0.243 e. The number of methoxy groups -OCH3 is 1. The van der Waals surface area contributed by atoms with Crippen LogP contribution in [0.5, 0.6) is 5.75 Å². The first kappa shape index (κ1) is 19.7. The first-order valence-electron chi connectivity index (χ1n) is 7.64. The van der Waals surface area contributed by atoms with Crippen molar-refractivity contribution in [1.82, 2.24) is 4.90 Å². The first-order valence-corrected chi connectivity index (χ1v) is 8.63. The van der Waals surface area contributed by atoms with E-state index in [9.17, 15) is 18.4 Å². The number of benzene rings is 2. The summed E-state index contributed by atoms with van der Waals surface area (Å²) in [6, 6.07) is 10.3. The van der Waals surface area contributed by atoms with Gasteiger partial charge in [0.1, 0.15) is 5.75 Å². The van der Waals surface area contributed by atoms with Gasteiger partial charge >= 0.3 is 0 Å². The van der Waals surface area contributed by atoms with Crippen LogP contribution in [0.3, 0.4) is 0 Å². The maximum atomic E-state index is 13.1. The summed E-state index contributed by atoms with van der Waals surface area (Å²) in [5, 5.41) is 2.68. The number of halogens is 2. The molecule has 0 aromatic heterocycles. The van der Waals surface area contributed by atoms with E-state index < -0.39 is 11.6 Å². The van der Waals surface area contributed by atoms with Gasteiger partial charge in [0.15, 0.2) is 11.6 Å². The Kier molecular flexibility index (Phi) is 6.97. The summed E-state index contributed by atoms with van der Waals surface area (Å²) in [5.41, 5.74) is 0.561. The van der Waals surface area contributed by atoms with Gasteiger partial charge in [-0.05, 0) is 30.3 Å². The number of hydrogen-bond acceptors (Lipinski definition) is 4. The zero-order valence-corrected chi connectivity index (χ0v) is 15.1. The van der Waals surface area contributed by atoms with E-state index in [1.165, 1.54) is 25.1 Å². The highest BCUT2D eigenvalue weighted by atomic mass is 32.2. The summed E-state index contributed by atoms with van der Waals surface area (Å²) in [5.74, 6) is -1.95. The number of rotatable bonds is 7. The van der Waals surface area contributed by atoms with Crippen molar-refractivity contribution in [2.24, 2.45) is 0 Å². The number of likely N-dealkylation sites (N-methyl/N-ethyl adjacent to an activating group) is 1. The molecule has 8 heteroatoms. The largest absolute Gasteiger partial charge is 0.497 e. The Bertz CT molecular complexity index is 802. The predicted molar refractivity (Wildman–Crippen MR) is 96.3 cm³/mol. The fourth-order valence-corrected chi connectivity index (χ4v) is 2.89. The fraction of sp³-hybridized carbons (Fsp3) is 0.222. The molecule has 5 nitrogen and oxygen atoms in total. The monoisotopic (exact) mass is 380 g/mol. The standard InChI is InChI=1S/C18H18F2N2O3S/c1-22(10-17(23)21-12-4-3-5-13(8-12)25-2)18(24)11-26-14-6-7-15(19)16(20)9-14/h3-9H,10-11H2,1-2H3,(H,21,23). The second-order valence-electron chi connectivity index (χ2n) is 5.39. The number of anilines is 1. The SMILES string of the molecule is COc1cccc(NC(=O)CN(C)C(=O)CSc2ccc(F)c(F)c2)c1. The molecule has 26 heavy (non-hydrogen) atoms. The van der Waals surface area contributed by atoms with Crippen molar-refractivity contribution in [2.75, 3.05) is 31.8 Å². The summed E-state index contributed by atoms with van der Waals surface area (Å²) in [4.78, 5) is 25.8. The highest BCUT2D eigenvalue weighted by molar-refractivity contribution is 8.00. The average molecular weight is 380 g/mol. The van der Waals surface area contributed by atoms with Gasteiger partial charge in [-0.2, -0.15) is 0 Å². The van der Waals surface area contributed by atoms with Gasteiger partial charge in [0, 0.05) is 23.7 Å². The molecule has 0 aliphatic carbocycles. The lowest BCUT2D eigenvalue weighted by Crippen LogP contribution is -2.35. The quantitative estimate of drug-likeness (QED) is 0.750. The van der Waals surface area contributed by atoms with Crippen molar-refractivity contribution in [3.05, 3.63) is 54.1 Å². The van der Waals surface area contributed by atoms with E-state index in [-0.39, 0.29) is 24.1 Å². The molecule has 0 aliphatic heterocycles. The number of carbonyl (C=O) groups excluding carboxylic acids is 2. The molecule has 0 fully saturated rings. The first-order chi connectivity index (χ1) is 12.4. The van der Waals surface area contributed by atoms with Gasteiger partial charge in [0.2, 0.25) is 11.8 Å². The van der Waals surface area contributed by atoms with Crippen LogP contribution in [-0.2, 0) is 9.59 Å². The molecule has 0 aliphatic rings. The molecule has 0 saturated carbocycles. The minimum absolute atomic E-state index is 0.00795. The van der Waals surface area contributed by atoms with Gasteiger partial charge in [-0.15, -0.1) is 11.8 Å². The Morgan fingerprint density at radius 1 is 1.15 bits per heavy atom. The third kappa shape index (κ3) is 5.73. The lowest BCUT2D eigenvalue weighted by atomic mass is 10.3. The van der Waals surface area contributed by atoms with Crippen molar-refractivity contribution in [1.29, 1.82) is 0 Å². The molecular weight excluding hydrogens is 362 g/mol. The van der Waals surface area contributed by atoms with Crippen molar-refractivity contribution >= 4 is 29.3 Å². The molecule has 0 saturated heterocycles. The molecule has 1 N–H and O–H groups in total. The topological polar surface area (TPSA) is 58.6 Å². The van der Waals surface area contributed by atoms with Crippen molar-refractivity contribution in [2.45, 2.75) is 4.90 Å². The average Bonchev–Trinajstić information content (AvgIpc) is 2.62. The fourth-order valence-electron chi connectivity index (χ4n) is 2.03. The normalized spacial score (nSPS) is 10.3. The summed E-state index contributed by atoms with van der Waals surface area (Å²) < 4.78 is 31.1. The number of nitrogens with one attached hydrogen (secondary N) is 1. The number of nitrogens with zero attached hydrogens (tertiary/aromatic N) is 1. The Hall–Kier alpha value is -2.61. The van der Waals surface area contributed by atoms with Crippen LogP contribution < -0.4 is 10.1 Å². The van der Waals surface area contributed by atoms with Crippen LogP contribution >= 0.6 is 11.8 Å². The number of hydrogen-bond donors (Lipinski definition) is 1. The van der Waals surface area contributed by atoms with E-state index in [0.717, 1.165) is 23.9 Å². The van der Waals surface area contributed by atoms with Crippen LogP contribution in [0.4, 0.5) is 14.5 Å². The van der Waals surface area contributed by atoms with Gasteiger partial charge in [-0.25, -0.2) is 8.78 Å². The highest BCUT2D eigenvalue weighted by Crippen LogP contribution is 2.21. The molecule has 2 amide bonds. The van der Waals surface area contributed by atoms with Crippen molar-refractivity contribution in [3.63, 3.8) is 0 Å². The summed E-state index contributed by atoms with van der Waals surface area (Å²) in [6.45, 7) is -0.131. The van der Waals surface area contributed by atoms with Crippen LogP contribution in [0.2, 0.25) is 0 Å². The third-order valence-corrected chi connectivity index (χ3v) is 4.39. The molecule has 0 atom stereocenters. The van der Waals surface area contributed by atoms with E-state index in [2.05, 4.69) is 5.32 Å². The molecule has 0 unspecified atom stereocenters. The molecule has 0 spiro atoms. The predicted octanol–water partition coefficient (Wildman–Crippen LogP) is 3.16. The van der Waals surface area contributed by atoms with E-state index in [1.54, 1.807) is 24.3 Å². The Morgan fingerprint density at radius 2 is 1.92 bits per heavy atom.